The fraction of sp³-hybridized carbons (Fsp3) is 0.514. The molecule has 0 saturated heterocycles. The molecule has 6 rings (SSSR count). The number of methoxy groups -OCH3 is 1. The molecule has 240 valence electrons. The van der Waals surface area contributed by atoms with Crippen molar-refractivity contribution in [2.45, 2.75) is 95.2 Å². The lowest BCUT2D eigenvalue weighted by molar-refractivity contribution is -0.180. The van der Waals surface area contributed by atoms with E-state index < -0.39 is 53.0 Å². The van der Waals surface area contributed by atoms with Gasteiger partial charge < -0.3 is 33.5 Å². The van der Waals surface area contributed by atoms with Crippen LogP contribution >= 0.6 is 0 Å². The molecule has 0 amide bonds. The molecule has 3 aliphatic carbocycles. The lowest BCUT2D eigenvalue weighted by Gasteiger charge is -2.61. The molecule has 2 aromatic carbocycles. The van der Waals surface area contributed by atoms with Crippen molar-refractivity contribution < 1.29 is 47.9 Å². The highest BCUT2D eigenvalue weighted by molar-refractivity contribution is 5.84. The Morgan fingerprint density at radius 2 is 1.78 bits per heavy atom. The number of hydrogen-bond acceptors (Lipinski definition) is 10. The lowest BCUT2D eigenvalue weighted by atomic mass is 9.45. The van der Waals surface area contributed by atoms with Gasteiger partial charge in [0.25, 0.3) is 0 Å². The van der Waals surface area contributed by atoms with Crippen LogP contribution < -0.4 is 9.47 Å². The standard InChI is InChI=1S/C35H40O10/c1-19-14-16-34-26-22-12-13-24(40-6)28(26)43-29(34)25(15-17-35(34,39)23(19)18-22)42-31(37)27(21-10-8-7-9-11-21)44-30(36)20(2)41-32(38)45-33(3,4)5/h7-13,15,19-20,23,27,29,39H,14,16-18H2,1-6H3/t19?,20-,23-,27-,29-,34-,35+/m0/s1. The van der Waals surface area contributed by atoms with E-state index in [1.807, 2.05) is 12.1 Å². The summed E-state index contributed by atoms with van der Waals surface area (Å²) in [5.41, 5.74) is -0.348. The van der Waals surface area contributed by atoms with Gasteiger partial charge >= 0.3 is 18.1 Å². The van der Waals surface area contributed by atoms with Gasteiger partial charge in [-0.05, 0) is 82.9 Å². The molecule has 1 aliphatic heterocycles. The Morgan fingerprint density at radius 1 is 1.04 bits per heavy atom. The van der Waals surface area contributed by atoms with Gasteiger partial charge in [-0.2, -0.15) is 0 Å². The Balaban J connectivity index is 1.30. The van der Waals surface area contributed by atoms with Gasteiger partial charge in [-0.15, -0.1) is 0 Å². The zero-order chi connectivity index (χ0) is 32.3. The molecule has 0 radical (unpaired) electrons. The van der Waals surface area contributed by atoms with E-state index >= 15 is 0 Å². The van der Waals surface area contributed by atoms with E-state index in [9.17, 15) is 19.5 Å². The van der Waals surface area contributed by atoms with E-state index in [4.69, 9.17) is 28.4 Å². The molecule has 10 nitrogen and oxygen atoms in total. The SMILES string of the molecule is COc1ccc2c3c1O[C@H]1C(OC(=O)[C@@H](OC(=O)[C@H](C)OC(=O)OC(C)(C)C)c4ccccc4)=CC[C@@]4(O)[C@@H](C2)C(C)CC[C@]314. The number of esters is 2. The first kappa shape index (κ1) is 31.0. The van der Waals surface area contributed by atoms with Crippen LogP contribution in [0.5, 0.6) is 11.5 Å². The summed E-state index contributed by atoms with van der Waals surface area (Å²) in [7, 11) is 1.57. The Morgan fingerprint density at radius 3 is 2.47 bits per heavy atom. The van der Waals surface area contributed by atoms with Crippen LogP contribution in [0.25, 0.3) is 0 Å². The van der Waals surface area contributed by atoms with Crippen molar-refractivity contribution in [1.29, 1.82) is 0 Å². The molecule has 1 spiro atoms. The quantitative estimate of drug-likeness (QED) is 0.314. The van der Waals surface area contributed by atoms with Gasteiger partial charge in [0, 0.05) is 11.1 Å². The van der Waals surface area contributed by atoms with Crippen LogP contribution in [0.15, 0.2) is 54.3 Å². The molecule has 2 aromatic rings. The second kappa shape index (κ2) is 11.1. The summed E-state index contributed by atoms with van der Waals surface area (Å²) in [6.45, 7) is 8.53. The Kier molecular flexibility index (Phi) is 7.62. The average Bonchev–Trinajstić information content (AvgIpc) is 3.34. The van der Waals surface area contributed by atoms with Crippen LogP contribution in [-0.2, 0) is 40.4 Å². The van der Waals surface area contributed by atoms with E-state index in [1.54, 1.807) is 64.3 Å². The zero-order valence-corrected chi connectivity index (χ0v) is 26.5. The summed E-state index contributed by atoms with van der Waals surface area (Å²) in [6.07, 6.45) is -0.405. The molecular weight excluding hydrogens is 580 g/mol. The van der Waals surface area contributed by atoms with Crippen molar-refractivity contribution in [2.24, 2.45) is 11.8 Å². The predicted octanol–water partition coefficient (Wildman–Crippen LogP) is 5.48. The molecule has 1 saturated carbocycles. The number of hydrogen-bond donors (Lipinski definition) is 1. The lowest BCUT2D eigenvalue weighted by Crippen LogP contribution is -2.69. The van der Waals surface area contributed by atoms with Crippen LogP contribution in [0, 0.1) is 11.8 Å². The topological polar surface area (TPSA) is 127 Å². The van der Waals surface area contributed by atoms with Gasteiger partial charge in [0.15, 0.2) is 23.7 Å². The molecule has 1 N–H and O–H groups in total. The van der Waals surface area contributed by atoms with Crippen LogP contribution in [0.1, 0.15) is 76.7 Å². The number of carbonyl (C=O) groups is 3. The summed E-state index contributed by atoms with van der Waals surface area (Å²) in [5, 5.41) is 12.5. The summed E-state index contributed by atoms with van der Waals surface area (Å²) in [5.74, 6) is -0.138. The largest absolute Gasteiger partial charge is 0.509 e. The van der Waals surface area contributed by atoms with Crippen molar-refractivity contribution in [3.63, 3.8) is 0 Å². The van der Waals surface area contributed by atoms with Crippen molar-refractivity contribution in [3.8, 4) is 11.5 Å². The minimum absolute atomic E-state index is 0.00202. The van der Waals surface area contributed by atoms with Crippen molar-refractivity contribution in [3.05, 3.63) is 71.0 Å². The van der Waals surface area contributed by atoms with E-state index in [1.165, 1.54) is 6.92 Å². The third-order valence-electron chi connectivity index (χ3n) is 9.70. The highest BCUT2D eigenvalue weighted by Crippen LogP contribution is 2.68. The first-order valence-corrected chi connectivity index (χ1v) is 15.4. The highest BCUT2D eigenvalue weighted by Gasteiger charge is 2.72. The number of rotatable bonds is 7. The highest BCUT2D eigenvalue weighted by atomic mass is 16.7. The third-order valence-corrected chi connectivity index (χ3v) is 9.70. The Labute approximate surface area is 262 Å². The smallest absolute Gasteiger partial charge is 0.493 e. The van der Waals surface area contributed by atoms with E-state index in [-0.39, 0.29) is 18.1 Å². The number of carbonyl (C=O) groups excluding carboxylic acids is 3. The molecule has 1 heterocycles. The second-order valence-electron chi connectivity index (χ2n) is 13.5. The zero-order valence-electron chi connectivity index (χ0n) is 26.5. The van der Waals surface area contributed by atoms with Crippen molar-refractivity contribution >= 4 is 18.1 Å². The fourth-order valence-corrected chi connectivity index (χ4v) is 7.69. The van der Waals surface area contributed by atoms with Crippen LogP contribution in [0.3, 0.4) is 0 Å². The first-order chi connectivity index (χ1) is 21.3. The molecule has 4 aliphatic rings. The normalized spacial score (nSPS) is 28.8. The Bertz CT molecular complexity index is 1540. The second-order valence-corrected chi connectivity index (χ2v) is 13.5. The molecule has 2 bridgehead atoms. The maximum absolute atomic E-state index is 13.9. The predicted molar refractivity (Wildman–Crippen MR) is 160 cm³/mol. The maximum Gasteiger partial charge on any atom is 0.509 e. The van der Waals surface area contributed by atoms with Gasteiger partial charge in [-0.1, -0.05) is 43.3 Å². The average molecular weight is 621 g/mol. The minimum atomic E-state index is -1.47. The molecule has 1 unspecified atom stereocenters. The summed E-state index contributed by atoms with van der Waals surface area (Å²) >= 11 is 0. The first-order valence-electron chi connectivity index (χ1n) is 15.4. The Hall–Kier alpha value is -4.05. The fourth-order valence-electron chi connectivity index (χ4n) is 7.69. The third kappa shape index (κ3) is 5.03. The van der Waals surface area contributed by atoms with Gasteiger partial charge in [0.2, 0.25) is 6.10 Å². The summed E-state index contributed by atoms with van der Waals surface area (Å²) < 4.78 is 34.2. The van der Waals surface area contributed by atoms with E-state index in [0.717, 1.165) is 24.0 Å². The number of benzene rings is 2. The molecular formula is C35H40O10. The number of ether oxygens (including phenoxy) is 6. The summed E-state index contributed by atoms with van der Waals surface area (Å²) in [6, 6.07) is 12.4. The minimum Gasteiger partial charge on any atom is -0.493 e. The summed E-state index contributed by atoms with van der Waals surface area (Å²) in [4.78, 5) is 39.2. The molecule has 1 fully saturated rings. The molecule has 7 atom stereocenters. The van der Waals surface area contributed by atoms with Crippen LogP contribution in [-0.4, -0.2) is 53.7 Å². The van der Waals surface area contributed by atoms with Crippen molar-refractivity contribution in [2.75, 3.05) is 7.11 Å². The molecule has 10 heteroatoms. The van der Waals surface area contributed by atoms with Crippen LogP contribution in [0.2, 0.25) is 0 Å². The monoisotopic (exact) mass is 620 g/mol. The van der Waals surface area contributed by atoms with Gasteiger partial charge in [-0.25, -0.2) is 14.4 Å². The van der Waals surface area contributed by atoms with Crippen LogP contribution in [0.4, 0.5) is 4.79 Å². The van der Waals surface area contributed by atoms with Gasteiger partial charge in [-0.3, -0.25) is 0 Å². The maximum atomic E-state index is 13.9. The van der Waals surface area contributed by atoms with Crippen molar-refractivity contribution in [1.82, 2.24) is 0 Å². The number of aliphatic hydroxyl groups is 1. The van der Waals surface area contributed by atoms with E-state index in [0.29, 0.717) is 29.4 Å². The van der Waals surface area contributed by atoms with E-state index in [2.05, 4.69) is 6.92 Å². The van der Waals surface area contributed by atoms with Gasteiger partial charge in [0.1, 0.15) is 11.4 Å². The molecule has 45 heavy (non-hydrogen) atoms. The van der Waals surface area contributed by atoms with Gasteiger partial charge in [0.05, 0.1) is 18.1 Å². The molecule has 0 aromatic heterocycles.